The molecule has 1 nitrogen and oxygen atoms in total. The van der Waals surface area contributed by atoms with E-state index in [9.17, 15) is 0 Å². The van der Waals surface area contributed by atoms with Crippen molar-refractivity contribution in [2.45, 2.75) is 53.4 Å². The summed E-state index contributed by atoms with van der Waals surface area (Å²) >= 11 is 1.91. The molecule has 2 heteroatoms. The Morgan fingerprint density at radius 1 is 1.47 bits per heavy atom. The highest BCUT2D eigenvalue weighted by atomic mass is 32.1. The lowest BCUT2D eigenvalue weighted by Gasteiger charge is -2.35. The minimum absolute atomic E-state index is 0.496. The number of rotatable bonds is 2. The zero-order valence-corrected chi connectivity index (χ0v) is 11.1. The molecule has 1 aliphatic rings. The molecule has 1 aromatic heterocycles. The predicted molar refractivity (Wildman–Crippen MR) is 66.4 cm³/mol. The van der Waals surface area contributed by atoms with E-state index in [4.69, 9.17) is 0 Å². The van der Waals surface area contributed by atoms with Gasteiger partial charge in [0, 0.05) is 4.88 Å². The molecule has 15 heavy (non-hydrogen) atoms. The Hall–Kier alpha value is -0.370. The van der Waals surface area contributed by atoms with E-state index in [2.05, 4.69) is 32.7 Å². The maximum absolute atomic E-state index is 4.61. The highest BCUT2D eigenvalue weighted by molar-refractivity contribution is 7.11. The van der Waals surface area contributed by atoms with Crippen LogP contribution in [0, 0.1) is 18.3 Å². The number of fused-ring (bicyclic) bond motifs is 1. The summed E-state index contributed by atoms with van der Waals surface area (Å²) in [6.07, 6.45) is 5.08. The van der Waals surface area contributed by atoms with Crippen molar-refractivity contribution in [2.24, 2.45) is 11.3 Å². The molecule has 0 saturated heterocycles. The zero-order chi connectivity index (χ0) is 11.1. The third kappa shape index (κ3) is 2.10. The fourth-order valence-corrected chi connectivity index (χ4v) is 3.52. The van der Waals surface area contributed by atoms with E-state index in [-0.39, 0.29) is 0 Å². The molecule has 1 unspecified atom stereocenters. The van der Waals surface area contributed by atoms with Crippen LogP contribution in [0.2, 0.25) is 0 Å². The van der Waals surface area contributed by atoms with Crippen LogP contribution in [-0.2, 0) is 12.8 Å². The summed E-state index contributed by atoms with van der Waals surface area (Å²) in [5, 5.41) is 1.25. The maximum atomic E-state index is 4.61. The van der Waals surface area contributed by atoms with Gasteiger partial charge in [0.1, 0.15) is 0 Å². The zero-order valence-electron chi connectivity index (χ0n) is 10.3. The van der Waals surface area contributed by atoms with Crippen LogP contribution in [0.5, 0.6) is 0 Å². The highest BCUT2D eigenvalue weighted by Gasteiger charge is 2.32. The molecule has 1 aromatic rings. The highest BCUT2D eigenvalue weighted by Crippen LogP contribution is 2.40. The summed E-state index contributed by atoms with van der Waals surface area (Å²) in [5.74, 6) is 0.856. The second-order valence-electron chi connectivity index (χ2n) is 5.38. The van der Waals surface area contributed by atoms with E-state index >= 15 is 0 Å². The van der Waals surface area contributed by atoms with Crippen molar-refractivity contribution in [3.05, 3.63) is 15.6 Å². The Labute approximate surface area is 96.9 Å². The number of aromatic nitrogens is 1. The molecule has 0 amide bonds. The molecule has 0 N–H and O–H groups in total. The molecule has 0 saturated carbocycles. The molecule has 0 aliphatic heterocycles. The van der Waals surface area contributed by atoms with Crippen LogP contribution in [0.1, 0.15) is 49.2 Å². The lowest BCUT2D eigenvalue weighted by molar-refractivity contribution is 0.183. The van der Waals surface area contributed by atoms with Crippen molar-refractivity contribution in [3.63, 3.8) is 0 Å². The van der Waals surface area contributed by atoms with Gasteiger partial charge in [-0.3, -0.25) is 0 Å². The third-order valence-corrected chi connectivity index (χ3v) is 5.10. The van der Waals surface area contributed by atoms with Crippen molar-refractivity contribution in [3.8, 4) is 0 Å². The molecular weight excluding hydrogens is 202 g/mol. The van der Waals surface area contributed by atoms with Crippen LogP contribution >= 0.6 is 11.3 Å². The van der Waals surface area contributed by atoms with Gasteiger partial charge in [0.2, 0.25) is 0 Å². The summed E-state index contributed by atoms with van der Waals surface area (Å²) in [5.41, 5.74) is 1.89. The number of hydrogen-bond acceptors (Lipinski definition) is 2. The van der Waals surface area contributed by atoms with Gasteiger partial charge in [-0.05, 0) is 37.5 Å². The SMILES string of the molecule is CCC(C)(C)C1CCc2nc(C)sc2C1. The quantitative estimate of drug-likeness (QED) is 0.738. The van der Waals surface area contributed by atoms with Gasteiger partial charge in [0.15, 0.2) is 0 Å². The first-order valence-corrected chi connectivity index (χ1v) is 6.79. The topological polar surface area (TPSA) is 12.9 Å². The van der Waals surface area contributed by atoms with Gasteiger partial charge >= 0.3 is 0 Å². The molecule has 84 valence electrons. The predicted octanol–water partition coefficient (Wildman–Crippen LogP) is 3.99. The van der Waals surface area contributed by atoms with E-state index < -0.39 is 0 Å². The van der Waals surface area contributed by atoms with Gasteiger partial charge in [-0.15, -0.1) is 11.3 Å². The van der Waals surface area contributed by atoms with E-state index in [0.29, 0.717) is 5.41 Å². The first-order chi connectivity index (χ1) is 7.03. The Balaban J connectivity index is 2.18. The summed E-state index contributed by atoms with van der Waals surface area (Å²) in [7, 11) is 0. The second kappa shape index (κ2) is 3.89. The third-order valence-electron chi connectivity index (χ3n) is 4.06. The van der Waals surface area contributed by atoms with Gasteiger partial charge in [-0.25, -0.2) is 4.98 Å². The molecular formula is C13H21NS. The molecule has 1 heterocycles. The van der Waals surface area contributed by atoms with Crippen molar-refractivity contribution in [1.29, 1.82) is 0 Å². The Morgan fingerprint density at radius 2 is 2.20 bits per heavy atom. The van der Waals surface area contributed by atoms with Crippen LogP contribution in [0.25, 0.3) is 0 Å². The van der Waals surface area contributed by atoms with Crippen LogP contribution in [-0.4, -0.2) is 4.98 Å². The molecule has 1 atom stereocenters. The largest absolute Gasteiger partial charge is 0.246 e. The van der Waals surface area contributed by atoms with Crippen LogP contribution in [0.15, 0.2) is 0 Å². The van der Waals surface area contributed by atoms with E-state index in [1.807, 2.05) is 11.3 Å². The van der Waals surface area contributed by atoms with Crippen molar-refractivity contribution in [1.82, 2.24) is 4.98 Å². The van der Waals surface area contributed by atoms with Gasteiger partial charge in [0.25, 0.3) is 0 Å². The van der Waals surface area contributed by atoms with Crippen LogP contribution in [0.4, 0.5) is 0 Å². The Kier molecular flexibility index (Phi) is 2.89. The van der Waals surface area contributed by atoms with E-state index in [1.165, 1.54) is 36.4 Å². The molecule has 0 radical (unpaired) electrons. The monoisotopic (exact) mass is 223 g/mol. The smallest absolute Gasteiger partial charge is 0.0900 e. The molecule has 1 aliphatic carbocycles. The average molecular weight is 223 g/mol. The molecule has 0 bridgehead atoms. The van der Waals surface area contributed by atoms with E-state index in [0.717, 1.165) is 5.92 Å². The first kappa shape index (κ1) is 11.1. The van der Waals surface area contributed by atoms with E-state index in [1.54, 1.807) is 4.88 Å². The fourth-order valence-electron chi connectivity index (χ4n) is 2.46. The minimum atomic E-state index is 0.496. The number of nitrogens with zero attached hydrogens (tertiary/aromatic N) is 1. The number of hydrogen-bond donors (Lipinski definition) is 0. The Morgan fingerprint density at radius 3 is 2.87 bits per heavy atom. The lowest BCUT2D eigenvalue weighted by Crippen LogP contribution is -2.28. The van der Waals surface area contributed by atoms with Gasteiger partial charge in [-0.2, -0.15) is 0 Å². The van der Waals surface area contributed by atoms with Gasteiger partial charge < -0.3 is 0 Å². The molecule has 0 spiro atoms. The lowest BCUT2D eigenvalue weighted by atomic mass is 9.70. The van der Waals surface area contributed by atoms with Gasteiger partial charge in [0.05, 0.1) is 10.7 Å². The molecule has 0 fully saturated rings. The average Bonchev–Trinajstić information content (AvgIpc) is 2.56. The minimum Gasteiger partial charge on any atom is -0.246 e. The van der Waals surface area contributed by atoms with Crippen molar-refractivity contribution >= 4 is 11.3 Å². The summed E-state index contributed by atoms with van der Waals surface area (Å²) in [6, 6.07) is 0. The van der Waals surface area contributed by atoms with Gasteiger partial charge in [-0.1, -0.05) is 27.2 Å². The van der Waals surface area contributed by atoms with Crippen molar-refractivity contribution in [2.75, 3.05) is 0 Å². The van der Waals surface area contributed by atoms with Crippen LogP contribution in [0.3, 0.4) is 0 Å². The number of thiazole rings is 1. The van der Waals surface area contributed by atoms with Crippen molar-refractivity contribution < 1.29 is 0 Å². The molecule has 0 aromatic carbocycles. The standard InChI is InChI=1S/C13H21NS/c1-5-13(3,4)10-6-7-11-12(8-10)15-9(2)14-11/h10H,5-8H2,1-4H3. The first-order valence-electron chi connectivity index (χ1n) is 5.98. The fraction of sp³-hybridized carbons (Fsp3) is 0.769. The number of aryl methyl sites for hydroxylation is 2. The normalized spacial score (nSPS) is 21.5. The maximum Gasteiger partial charge on any atom is 0.0900 e. The van der Waals surface area contributed by atoms with Crippen LogP contribution < -0.4 is 0 Å². The summed E-state index contributed by atoms with van der Waals surface area (Å²) in [6.45, 7) is 9.27. The molecule has 2 rings (SSSR count). The summed E-state index contributed by atoms with van der Waals surface area (Å²) < 4.78 is 0. The second-order valence-corrected chi connectivity index (χ2v) is 6.67. The summed E-state index contributed by atoms with van der Waals surface area (Å²) in [4.78, 5) is 6.17. The Bertz CT molecular complexity index is 351.